The Balaban J connectivity index is 5.53. The number of unbranched alkanes of at least 4 members (excludes halogenated alkanes) is 17. The Morgan fingerprint density at radius 3 is 0.777 bits per heavy atom. The lowest BCUT2D eigenvalue weighted by Gasteiger charge is -2.21. The maximum atomic E-state index is 13.1. The number of carbonyl (C=O) groups is 4. The van der Waals surface area contributed by atoms with E-state index in [1.807, 2.05) is 18.2 Å². The van der Waals surface area contributed by atoms with Crippen LogP contribution in [0, 0.1) is 0 Å². The van der Waals surface area contributed by atoms with Crippen LogP contribution in [0.15, 0.2) is 207 Å². The van der Waals surface area contributed by atoms with Crippen LogP contribution in [0.5, 0.6) is 0 Å². The van der Waals surface area contributed by atoms with E-state index in [0.717, 1.165) is 193 Å². The first-order chi connectivity index (χ1) is 54.7. The van der Waals surface area contributed by atoms with Crippen molar-refractivity contribution in [3.63, 3.8) is 0 Å². The quantitative estimate of drug-likeness (QED) is 0.0169. The molecule has 5 unspecified atom stereocenters. The molecule has 0 rings (SSSR count). The van der Waals surface area contributed by atoms with Crippen LogP contribution in [0.1, 0.15) is 297 Å². The average molecular weight is 1600 g/mol. The summed E-state index contributed by atoms with van der Waals surface area (Å²) >= 11 is 0. The lowest BCUT2D eigenvalue weighted by Crippen LogP contribution is -2.30. The van der Waals surface area contributed by atoms with Gasteiger partial charge in [0.15, 0.2) is 12.2 Å². The molecule has 0 radical (unpaired) electrons. The Kier molecular flexibility index (Phi) is 77.9. The number of aliphatic hydroxyl groups excluding tert-OH is 1. The first kappa shape index (κ1) is 106. The fourth-order valence-electron chi connectivity index (χ4n) is 10.4. The highest BCUT2D eigenvalue weighted by molar-refractivity contribution is 7.47. The summed E-state index contributed by atoms with van der Waals surface area (Å²) in [7, 11) is -10.0. The summed E-state index contributed by atoms with van der Waals surface area (Å²) in [5.41, 5.74) is 0. The van der Waals surface area contributed by atoms with Gasteiger partial charge in [-0.3, -0.25) is 37.3 Å². The van der Waals surface area contributed by atoms with Crippen molar-refractivity contribution in [3.05, 3.63) is 207 Å². The molecular formula is C93H148O17P2. The third kappa shape index (κ3) is 81.6. The minimum atomic E-state index is -5.02. The van der Waals surface area contributed by atoms with Crippen molar-refractivity contribution in [3.8, 4) is 0 Å². The van der Waals surface area contributed by atoms with Gasteiger partial charge in [-0.1, -0.05) is 298 Å². The van der Waals surface area contributed by atoms with Gasteiger partial charge in [-0.25, -0.2) is 9.13 Å². The minimum Gasteiger partial charge on any atom is -0.462 e. The van der Waals surface area contributed by atoms with Gasteiger partial charge >= 0.3 is 39.5 Å². The standard InChI is InChI=1S/C93H148O17P2/c1-5-9-13-17-21-25-29-33-37-40-43-46-50-53-57-61-65-69-73-77-90(95)103-83-88(109-92(97)79-75-71-67-63-59-55-49-36-32-28-24-20-16-12-8-4)85-107-111(99,100)105-81-87(94)82-106-112(101,102)108-86-89(110-93(98)80-76-72-68-64-60-56-52-48-45-42-39-35-31-27-23-19-15-11-7-3)84-104-91(96)78-74-70-66-62-58-54-51-47-44-41-38-34-30-26-22-18-14-10-6-2/h9-11,13-15,21-28,33-39,43-49,53-54,57-58,66,70,87-89,94H,5-8,12,16-20,29-32,40-42,50-52,55-56,59-65,67-69,71-86H2,1-4H3,(H,99,100)(H,101,102)/b13-9-,14-10-,15-11-,25-21-,26-22-,27-23-,28-24-,37-33-,38-34-,39-35-,46-43-,47-44-,48-45-,49-36-,57-53-,58-54-,70-66-. The topological polar surface area (TPSA) is 237 Å². The van der Waals surface area contributed by atoms with Crippen LogP contribution in [-0.4, -0.2) is 96.7 Å². The molecule has 0 bridgehead atoms. The van der Waals surface area contributed by atoms with Crippen molar-refractivity contribution in [2.75, 3.05) is 39.6 Å². The van der Waals surface area contributed by atoms with Crippen molar-refractivity contribution < 1.29 is 80.2 Å². The summed E-state index contributed by atoms with van der Waals surface area (Å²) in [4.78, 5) is 73.2. The fourth-order valence-corrected chi connectivity index (χ4v) is 12.0. The Hall–Kier alpha value is -6.36. The Bertz CT molecular complexity index is 2940. The molecule has 3 N–H and O–H groups in total. The predicted octanol–water partition coefficient (Wildman–Crippen LogP) is 25.4. The first-order valence-electron chi connectivity index (χ1n) is 42.3. The zero-order chi connectivity index (χ0) is 81.7. The molecule has 0 saturated carbocycles. The predicted molar refractivity (Wildman–Crippen MR) is 463 cm³/mol. The van der Waals surface area contributed by atoms with E-state index in [1.165, 1.54) is 19.3 Å². The second-order valence-electron chi connectivity index (χ2n) is 27.3. The van der Waals surface area contributed by atoms with Crippen molar-refractivity contribution in [1.29, 1.82) is 0 Å². The molecule has 0 aliphatic heterocycles. The van der Waals surface area contributed by atoms with Crippen molar-refractivity contribution >= 4 is 39.5 Å². The average Bonchev–Trinajstić information content (AvgIpc) is 0.898. The van der Waals surface area contributed by atoms with Gasteiger partial charge in [-0.2, -0.15) is 0 Å². The van der Waals surface area contributed by atoms with Crippen LogP contribution in [0.25, 0.3) is 0 Å². The number of carbonyl (C=O) groups excluding carboxylic acids is 4. The fraction of sp³-hybridized carbons (Fsp3) is 0.591. The summed E-state index contributed by atoms with van der Waals surface area (Å²) < 4.78 is 68.7. The van der Waals surface area contributed by atoms with E-state index in [4.69, 9.17) is 37.0 Å². The molecule has 112 heavy (non-hydrogen) atoms. The maximum absolute atomic E-state index is 13.1. The van der Waals surface area contributed by atoms with Crippen LogP contribution in [0.2, 0.25) is 0 Å². The number of rotatable bonds is 77. The van der Waals surface area contributed by atoms with Crippen LogP contribution >= 0.6 is 15.6 Å². The molecule has 0 spiro atoms. The van der Waals surface area contributed by atoms with Crippen LogP contribution in [-0.2, 0) is 65.4 Å². The number of hydrogen-bond donors (Lipinski definition) is 3. The van der Waals surface area contributed by atoms with Crippen LogP contribution < -0.4 is 0 Å². The SMILES string of the molecule is CC/C=C\C/C=C\C/C=C\C/C=C\C/C=C\C/C=C\CCC(=O)OCC(COP(=O)(O)OCC(O)COP(=O)(O)OCC(COC(=O)CCCCC/C=C\C/C=C\C/C=C\C/C=C\C/C=C\CC)OC(=O)CCCCCCC/C=C\C/C=C\CCCCC)OC(=O)CCCCCCCC/C=C\C/C=C\C/C=C\C/C=C\CC. The van der Waals surface area contributed by atoms with E-state index >= 15 is 0 Å². The molecule has 0 aliphatic rings. The highest BCUT2D eigenvalue weighted by atomic mass is 31.2. The zero-order valence-electron chi connectivity index (χ0n) is 69.3. The lowest BCUT2D eigenvalue weighted by molar-refractivity contribution is -0.161. The van der Waals surface area contributed by atoms with Gasteiger partial charge in [-0.15, -0.1) is 0 Å². The number of ether oxygens (including phenoxy) is 4. The third-order valence-corrected chi connectivity index (χ3v) is 18.6. The normalized spacial score (nSPS) is 14.8. The van der Waals surface area contributed by atoms with Gasteiger partial charge in [0, 0.05) is 25.7 Å². The van der Waals surface area contributed by atoms with E-state index < -0.39 is 97.5 Å². The van der Waals surface area contributed by atoms with Gasteiger partial charge in [0.2, 0.25) is 0 Å². The highest BCUT2D eigenvalue weighted by Gasteiger charge is 2.30. The largest absolute Gasteiger partial charge is 0.472 e. The van der Waals surface area contributed by atoms with Crippen LogP contribution in [0.3, 0.4) is 0 Å². The van der Waals surface area contributed by atoms with Gasteiger partial charge in [0.25, 0.3) is 0 Å². The molecular weight excluding hydrogens is 1450 g/mol. The molecule has 0 aromatic heterocycles. The second kappa shape index (κ2) is 82.6. The van der Waals surface area contributed by atoms with E-state index in [1.54, 1.807) is 0 Å². The molecule has 0 fully saturated rings. The monoisotopic (exact) mass is 1600 g/mol. The molecule has 5 atom stereocenters. The van der Waals surface area contributed by atoms with Crippen molar-refractivity contribution in [2.24, 2.45) is 0 Å². The molecule has 0 aromatic rings. The number of hydrogen-bond acceptors (Lipinski definition) is 15. The van der Waals surface area contributed by atoms with Gasteiger partial charge < -0.3 is 33.8 Å². The van der Waals surface area contributed by atoms with E-state index in [9.17, 15) is 43.2 Å². The summed E-state index contributed by atoms with van der Waals surface area (Å²) in [6.45, 7) is 4.34. The molecule has 0 aromatic carbocycles. The number of phosphoric ester groups is 2. The van der Waals surface area contributed by atoms with Crippen molar-refractivity contribution in [2.45, 2.75) is 316 Å². The summed E-state index contributed by atoms with van der Waals surface area (Å²) in [6.07, 6.45) is 104. The molecule has 0 heterocycles. The molecule has 632 valence electrons. The van der Waals surface area contributed by atoms with E-state index in [0.29, 0.717) is 32.1 Å². The van der Waals surface area contributed by atoms with E-state index in [2.05, 4.69) is 216 Å². The Morgan fingerprint density at radius 1 is 0.259 bits per heavy atom. The second-order valence-corrected chi connectivity index (χ2v) is 30.2. The minimum absolute atomic E-state index is 0.0236. The Labute approximate surface area is 678 Å². The number of aliphatic hydroxyl groups is 1. The molecule has 19 heteroatoms. The number of allylic oxidation sites excluding steroid dienone is 34. The van der Waals surface area contributed by atoms with Crippen molar-refractivity contribution in [1.82, 2.24) is 0 Å². The molecule has 0 saturated heterocycles. The van der Waals surface area contributed by atoms with Gasteiger partial charge in [0.05, 0.1) is 26.4 Å². The third-order valence-electron chi connectivity index (χ3n) is 16.7. The molecule has 0 aliphatic carbocycles. The first-order valence-corrected chi connectivity index (χ1v) is 45.3. The van der Waals surface area contributed by atoms with Gasteiger partial charge in [-0.05, 0) is 180 Å². The lowest BCUT2D eigenvalue weighted by atomic mass is 10.1. The molecule has 17 nitrogen and oxygen atoms in total. The van der Waals surface area contributed by atoms with Crippen LogP contribution in [0.4, 0.5) is 0 Å². The number of phosphoric acid groups is 2. The summed E-state index contributed by atoms with van der Waals surface area (Å²) in [5.74, 6) is -2.36. The number of esters is 4. The maximum Gasteiger partial charge on any atom is 0.472 e. The Morgan fingerprint density at radius 2 is 0.482 bits per heavy atom. The van der Waals surface area contributed by atoms with Gasteiger partial charge in [0.1, 0.15) is 19.3 Å². The summed E-state index contributed by atoms with van der Waals surface area (Å²) in [5, 5.41) is 10.7. The smallest absolute Gasteiger partial charge is 0.462 e. The zero-order valence-corrected chi connectivity index (χ0v) is 71.0. The van der Waals surface area contributed by atoms with E-state index in [-0.39, 0.29) is 25.7 Å². The summed E-state index contributed by atoms with van der Waals surface area (Å²) in [6, 6.07) is 0. The highest BCUT2D eigenvalue weighted by Crippen LogP contribution is 2.45. The molecule has 0 amide bonds.